The number of phenolic OH excluding ortho intramolecular Hbond substituents is 1. The van der Waals surface area contributed by atoms with Crippen LogP contribution in [0.3, 0.4) is 0 Å². The average molecular weight is 242 g/mol. The second-order valence-electron chi connectivity index (χ2n) is 4.46. The zero-order chi connectivity index (χ0) is 12.5. The van der Waals surface area contributed by atoms with E-state index in [0.29, 0.717) is 6.61 Å². The van der Waals surface area contributed by atoms with E-state index in [1.807, 2.05) is 36.4 Å². The maximum absolute atomic E-state index is 10.4. The third kappa shape index (κ3) is 1.73. The number of benzene rings is 2. The fraction of sp³-hybridized carbons (Fsp3) is 0.200. The zero-order valence-corrected chi connectivity index (χ0v) is 9.78. The van der Waals surface area contributed by atoms with Crippen LogP contribution in [0.15, 0.2) is 48.5 Å². The van der Waals surface area contributed by atoms with Crippen LogP contribution in [-0.4, -0.2) is 16.8 Å². The molecule has 2 unspecified atom stereocenters. The van der Waals surface area contributed by atoms with Crippen molar-refractivity contribution < 1.29 is 14.9 Å². The molecule has 3 rings (SSSR count). The normalized spacial score (nSPS) is 22.1. The molecule has 18 heavy (non-hydrogen) atoms. The molecule has 0 aliphatic carbocycles. The van der Waals surface area contributed by atoms with E-state index in [0.717, 1.165) is 16.9 Å². The van der Waals surface area contributed by atoms with Crippen molar-refractivity contribution in [2.24, 2.45) is 0 Å². The first-order valence-electron chi connectivity index (χ1n) is 5.95. The Bertz CT molecular complexity index is 565. The monoisotopic (exact) mass is 242 g/mol. The Morgan fingerprint density at radius 1 is 0.944 bits per heavy atom. The summed E-state index contributed by atoms with van der Waals surface area (Å²) in [7, 11) is 0. The first-order chi connectivity index (χ1) is 8.77. The van der Waals surface area contributed by atoms with E-state index < -0.39 is 6.10 Å². The number of phenols is 1. The van der Waals surface area contributed by atoms with Crippen molar-refractivity contribution in [3.05, 3.63) is 59.7 Å². The predicted octanol–water partition coefficient (Wildman–Crippen LogP) is 2.60. The Hall–Kier alpha value is -2.00. The van der Waals surface area contributed by atoms with Gasteiger partial charge in [0, 0.05) is 11.1 Å². The molecule has 0 aromatic heterocycles. The lowest BCUT2D eigenvalue weighted by atomic mass is 9.87. The topological polar surface area (TPSA) is 49.7 Å². The minimum atomic E-state index is -0.650. The maximum atomic E-state index is 10.4. The van der Waals surface area contributed by atoms with Gasteiger partial charge in [-0.1, -0.05) is 36.4 Å². The molecular formula is C15H14O3. The molecule has 92 valence electrons. The van der Waals surface area contributed by atoms with Gasteiger partial charge in [-0.25, -0.2) is 0 Å². The molecule has 1 aliphatic heterocycles. The van der Waals surface area contributed by atoms with Crippen LogP contribution in [-0.2, 0) is 0 Å². The molecule has 0 radical (unpaired) electrons. The number of ether oxygens (including phenoxy) is 1. The van der Waals surface area contributed by atoms with Gasteiger partial charge in [-0.15, -0.1) is 0 Å². The molecule has 0 bridgehead atoms. The Balaban J connectivity index is 2.00. The molecule has 2 aromatic rings. The smallest absolute Gasteiger partial charge is 0.125 e. The lowest BCUT2D eigenvalue weighted by Crippen LogP contribution is -2.24. The third-order valence-corrected chi connectivity index (χ3v) is 3.37. The van der Waals surface area contributed by atoms with Gasteiger partial charge in [0.1, 0.15) is 11.5 Å². The molecular weight excluding hydrogens is 228 g/mol. The fourth-order valence-corrected chi connectivity index (χ4v) is 2.40. The summed E-state index contributed by atoms with van der Waals surface area (Å²) < 4.78 is 5.64. The van der Waals surface area contributed by atoms with Crippen molar-refractivity contribution in [2.75, 3.05) is 6.61 Å². The minimum Gasteiger partial charge on any atom is -0.508 e. The second-order valence-corrected chi connectivity index (χ2v) is 4.46. The van der Waals surface area contributed by atoms with Crippen molar-refractivity contribution in [3.8, 4) is 11.5 Å². The highest BCUT2D eigenvalue weighted by atomic mass is 16.5. The minimum absolute atomic E-state index is 0.199. The number of para-hydroxylation sites is 2. The van der Waals surface area contributed by atoms with Crippen molar-refractivity contribution in [3.63, 3.8) is 0 Å². The summed E-state index contributed by atoms with van der Waals surface area (Å²) in [5, 5.41) is 20.3. The van der Waals surface area contributed by atoms with Crippen molar-refractivity contribution >= 4 is 0 Å². The van der Waals surface area contributed by atoms with E-state index in [9.17, 15) is 10.2 Å². The summed E-state index contributed by atoms with van der Waals surface area (Å²) in [5.74, 6) is 0.683. The van der Waals surface area contributed by atoms with Gasteiger partial charge < -0.3 is 14.9 Å². The van der Waals surface area contributed by atoms with Crippen LogP contribution in [0.5, 0.6) is 11.5 Å². The van der Waals surface area contributed by atoms with E-state index in [1.54, 1.807) is 12.1 Å². The number of aliphatic hydroxyl groups excluding tert-OH is 1. The first-order valence-corrected chi connectivity index (χ1v) is 5.95. The molecule has 2 N–H and O–H groups in total. The Kier molecular flexibility index (Phi) is 2.68. The number of hydrogen-bond donors (Lipinski definition) is 2. The van der Waals surface area contributed by atoms with E-state index in [4.69, 9.17) is 4.74 Å². The van der Waals surface area contributed by atoms with Gasteiger partial charge in [0.05, 0.1) is 18.6 Å². The molecule has 0 saturated heterocycles. The van der Waals surface area contributed by atoms with E-state index in [2.05, 4.69) is 0 Å². The maximum Gasteiger partial charge on any atom is 0.125 e. The summed E-state index contributed by atoms with van der Waals surface area (Å²) in [5.41, 5.74) is 1.50. The van der Waals surface area contributed by atoms with Gasteiger partial charge in [0.25, 0.3) is 0 Å². The van der Waals surface area contributed by atoms with Crippen LogP contribution >= 0.6 is 0 Å². The first kappa shape index (κ1) is 11.1. The highest BCUT2D eigenvalue weighted by molar-refractivity contribution is 5.43. The van der Waals surface area contributed by atoms with Crippen LogP contribution in [0, 0.1) is 0 Å². The van der Waals surface area contributed by atoms with E-state index in [1.165, 1.54) is 0 Å². The highest BCUT2D eigenvalue weighted by Crippen LogP contribution is 2.42. The van der Waals surface area contributed by atoms with Crippen LogP contribution in [0.1, 0.15) is 23.1 Å². The molecule has 0 fully saturated rings. The highest BCUT2D eigenvalue weighted by Gasteiger charge is 2.31. The number of hydrogen-bond acceptors (Lipinski definition) is 3. The number of rotatable bonds is 1. The summed E-state index contributed by atoms with van der Waals surface area (Å²) in [4.78, 5) is 0. The molecule has 1 aliphatic rings. The zero-order valence-electron chi connectivity index (χ0n) is 9.78. The van der Waals surface area contributed by atoms with Crippen molar-refractivity contribution in [1.29, 1.82) is 0 Å². The summed E-state index contributed by atoms with van der Waals surface area (Å²) in [6.07, 6.45) is -0.650. The van der Waals surface area contributed by atoms with Gasteiger partial charge in [0.15, 0.2) is 0 Å². The predicted molar refractivity (Wildman–Crippen MR) is 67.7 cm³/mol. The number of fused-ring (bicyclic) bond motifs is 1. The van der Waals surface area contributed by atoms with Gasteiger partial charge in [0.2, 0.25) is 0 Å². The Morgan fingerprint density at radius 3 is 2.39 bits per heavy atom. The van der Waals surface area contributed by atoms with E-state index >= 15 is 0 Å². The number of aliphatic hydroxyl groups is 1. The van der Waals surface area contributed by atoms with Crippen LogP contribution in [0.4, 0.5) is 0 Å². The largest absolute Gasteiger partial charge is 0.508 e. The van der Waals surface area contributed by atoms with E-state index in [-0.39, 0.29) is 11.7 Å². The van der Waals surface area contributed by atoms with Crippen molar-refractivity contribution in [1.82, 2.24) is 0 Å². The molecule has 0 amide bonds. The molecule has 3 nitrogen and oxygen atoms in total. The quantitative estimate of drug-likeness (QED) is 0.808. The van der Waals surface area contributed by atoms with Crippen molar-refractivity contribution in [2.45, 2.75) is 12.0 Å². The Morgan fingerprint density at radius 2 is 1.61 bits per heavy atom. The van der Waals surface area contributed by atoms with Gasteiger partial charge >= 0.3 is 0 Å². The Labute approximate surface area is 105 Å². The van der Waals surface area contributed by atoms with Crippen LogP contribution in [0.25, 0.3) is 0 Å². The average Bonchev–Trinajstić information content (AvgIpc) is 2.41. The lowest BCUT2D eigenvalue weighted by Gasteiger charge is -2.30. The van der Waals surface area contributed by atoms with Gasteiger partial charge in [-0.3, -0.25) is 0 Å². The third-order valence-electron chi connectivity index (χ3n) is 3.37. The molecule has 2 atom stereocenters. The lowest BCUT2D eigenvalue weighted by molar-refractivity contribution is 0.0878. The molecule has 0 saturated carbocycles. The second kappa shape index (κ2) is 4.35. The summed E-state index contributed by atoms with van der Waals surface area (Å²) in [6, 6.07) is 14.5. The standard InChI is InChI=1S/C15H14O3/c16-13-7-3-1-5-10(13)12-9-18-14-8-4-2-6-11(14)15(12)17/h1-8,12,15-17H,9H2. The fourth-order valence-electron chi connectivity index (χ4n) is 2.40. The molecule has 3 heteroatoms. The summed E-state index contributed by atoms with van der Waals surface area (Å²) in [6.45, 7) is 0.371. The molecule has 2 aromatic carbocycles. The number of aromatic hydroxyl groups is 1. The van der Waals surface area contributed by atoms with Crippen LogP contribution < -0.4 is 4.74 Å². The molecule has 1 heterocycles. The summed E-state index contributed by atoms with van der Waals surface area (Å²) >= 11 is 0. The SMILES string of the molecule is Oc1ccccc1C1COc2ccccc2C1O. The van der Waals surface area contributed by atoms with Gasteiger partial charge in [-0.2, -0.15) is 0 Å². The van der Waals surface area contributed by atoms with Gasteiger partial charge in [-0.05, 0) is 12.1 Å². The molecule has 0 spiro atoms. The van der Waals surface area contributed by atoms with Crippen LogP contribution in [0.2, 0.25) is 0 Å².